The number of sulfonamides is 1. The number of aromatic nitrogens is 1. The molecule has 2 aliphatic rings. The number of H-pyrrole nitrogens is 1. The minimum absolute atomic E-state index is 0.211. The molecular weight excluding hydrogens is 564 g/mol. The predicted molar refractivity (Wildman–Crippen MR) is 157 cm³/mol. The van der Waals surface area contributed by atoms with Crippen molar-refractivity contribution in [2.75, 3.05) is 12.8 Å². The first-order valence-electron chi connectivity index (χ1n) is 13.7. The van der Waals surface area contributed by atoms with Crippen molar-refractivity contribution in [3.05, 3.63) is 104 Å². The van der Waals surface area contributed by atoms with E-state index < -0.39 is 34.1 Å². The first kappa shape index (κ1) is 29.0. The van der Waals surface area contributed by atoms with Crippen molar-refractivity contribution in [1.29, 1.82) is 0 Å². The van der Waals surface area contributed by atoms with E-state index in [0.29, 0.717) is 41.1 Å². The van der Waals surface area contributed by atoms with Crippen molar-refractivity contribution in [1.82, 2.24) is 19.9 Å². The van der Waals surface area contributed by atoms with Gasteiger partial charge < -0.3 is 15.2 Å². The summed E-state index contributed by atoms with van der Waals surface area (Å²) in [6.07, 6.45) is 4.40. The summed E-state index contributed by atoms with van der Waals surface area (Å²) in [5, 5.41) is 3.55. The SMILES string of the molecule is CS(=O)(=O)N[C@H]1CCCC[C@@H]1N1C(=O)c2ccccc2[C@@H](C(=O)NCCc2cccc(=O)[nH]2)[C@@H]1c1ccc(Cl)cc1. The van der Waals surface area contributed by atoms with Crippen LogP contribution in [-0.4, -0.2) is 55.0 Å². The molecular formula is C30H33ClN4O5S. The van der Waals surface area contributed by atoms with Crippen molar-refractivity contribution < 1.29 is 18.0 Å². The predicted octanol–water partition coefficient (Wildman–Crippen LogP) is 3.53. The summed E-state index contributed by atoms with van der Waals surface area (Å²) in [5.74, 6) is -1.27. The Morgan fingerprint density at radius 1 is 1.00 bits per heavy atom. The van der Waals surface area contributed by atoms with E-state index >= 15 is 0 Å². The van der Waals surface area contributed by atoms with Gasteiger partial charge in [0.1, 0.15) is 0 Å². The fourth-order valence-corrected chi connectivity index (χ4v) is 7.09. The second kappa shape index (κ2) is 12.2. The fraction of sp³-hybridized carbons (Fsp3) is 0.367. The standard InChI is InChI=1S/C30H33ClN4O5S/c1-41(39,40)34-24-10-4-5-11-25(24)35-28(19-13-15-20(31)16-14-19)27(22-8-2-3-9-23(22)30(35)38)29(37)32-18-17-21-7-6-12-26(36)33-21/h2-3,6-9,12-16,24-25,27-28,34H,4-5,10-11,17-18H2,1H3,(H,32,37)(H,33,36)/t24-,25-,27+,28-/m0/s1. The number of pyridine rings is 1. The van der Waals surface area contributed by atoms with E-state index in [1.54, 1.807) is 47.4 Å². The number of hydrogen-bond donors (Lipinski definition) is 3. The molecule has 0 saturated heterocycles. The molecule has 1 aliphatic carbocycles. The van der Waals surface area contributed by atoms with E-state index in [1.165, 1.54) is 6.07 Å². The Kier molecular flexibility index (Phi) is 8.63. The van der Waals surface area contributed by atoms with Crippen molar-refractivity contribution in [3.63, 3.8) is 0 Å². The lowest BCUT2D eigenvalue weighted by atomic mass is 9.76. The molecule has 0 bridgehead atoms. The van der Waals surface area contributed by atoms with Gasteiger partial charge in [-0.3, -0.25) is 14.4 Å². The quantitative estimate of drug-likeness (QED) is 0.366. The maximum Gasteiger partial charge on any atom is 0.255 e. The van der Waals surface area contributed by atoms with E-state index in [2.05, 4.69) is 15.0 Å². The molecule has 2 heterocycles. The average molecular weight is 597 g/mol. The summed E-state index contributed by atoms with van der Waals surface area (Å²) in [7, 11) is -3.54. The summed E-state index contributed by atoms with van der Waals surface area (Å²) >= 11 is 6.22. The van der Waals surface area contributed by atoms with Gasteiger partial charge in [0.15, 0.2) is 0 Å². The zero-order valence-electron chi connectivity index (χ0n) is 22.7. The third-order valence-electron chi connectivity index (χ3n) is 7.84. The number of nitrogens with zero attached hydrogens (tertiary/aromatic N) is 1. The molecule has 2 amide bonds. The van der Waals surface area contributed by atoms with Crippen molar-refractivity contribution in [3.8, 4) is 0 Å². The lowest BCUT2D eigenvalue weighted by molar-refractivity contribution is -0.124. The molecule has 3 aromatic rings. The van der Waals surface area contributed by atoms with E-state index in [4.69, 9.17) is 11.6 Å². The Bertz CT molecular complexity index is 1590. The fourth-order valence-electron chi connectivity index (χ4n) is 6.14. The highest BCUT2D eigenvalue weighted by molar-refractivity contribution is 7.88. The molecule has 0 radical (unpaired) electrons. The van der Waals surface area contributed by atoms with Gasteiger partial charge in [0.25, 0.3) is 5.91 Å². The molecule has 2 aromatic carbocycles. The average Bonchev–Trinajstić information content (AvgIpc) is 2.93. The van der Waals surface area contributed by atoms with Crippen molar-refractivity contribution in [2.24, 2.45) is 0 Å². The maximum atomic E-state index is 14.2. The molecule has 1 aromatic heterocycles. The van der Waals surface area contributed by atoms with Gasteiger partial charge >= 0.3 is 0 Å². The van der Waals surface area contributed by atoms with Crippen LogP contribution in [0.4, 0.5) is 0 Å². The van der Waals surface area contributed by atoms with Gasteiger partial charge in [-0.15, -0.1) is 0 Å². The van der Waals surface area contributed by atoms with E-state index in [1.807, 2.05) is 18.2 Å². The van der Waals surface area contributed by atoms with Crippen LogP contribution in [0.3, 0.4) is 0 Å². The van der Waals surface area contributed by atoms with Gasteiger partial charge in [0.2, 0.25) is 21.5 Å². The number of benzene rings is 2. The maximum absolute atomic E-state index is 14.2. The topological polar surface area (TPSA) is 128 Å². The van der Waals surface area contributed by atoms with Crippen LogP contribution >= 0.6 is 11.6 Å². The van der Waals surface area contributed by atoms with Crippen LogP contribution in [0.1, 0.15) is 64.8 Å². The highest BCUT2D eigenvalue weighted by Gasteiger charge is 2.48. The number of nitrogens with one attached hydrogen (secondary N) is 3. The van der Waals surface area contributed by atoms with Gasteiger partial charge in [0.05, 0.1) is 18.2 Å². The van der Waals surface area contributed by atoms with Gasteiger partial charge in [-0.1, -0.05) is 60.8 Å². The molecule has 1 saturated carbocycles. The van der Waals surface area contributed by atoms with Crippen molar-refractivity contribution >= 4 is 33.4 Å². The Morgan fingerprint density at radius 2 is 1.73 bits per heavy atom. The van der Waals surface area contributed by atoms with Gasteiger partial charge in [-0.2, -0.15) is 0 Å². The molecule has 1 aliphatic heterocycles. The minimum Gasteiger partial charge on any atom is -0.355 e. The molecule has 0 unspecified atom stereocenters. The number of halogens is 1. The Hall–Kier alpha value is -3.47. The van der Waals surface area contributed by atoms with Gasteiger partial charge in [0, 0.05) is 47.4 Å². The van der Waals surface area contributed by atoms with Crippen LogP contribution in [0.15, 0.2) is 71.5 Å². The summed E-state index contributed by atoms with van der Waals surface area (Å²) in [5.41, 5.74) is 2.26. The van der Waals surface area contributed by atoms with Crippen LogP contribution in [0.2, 0.25) is 5.02 Å². The molecule has 9 nitrogen and oxygen atoms in total. The zero-order chi connectivity index (χ0) is 29.1. The second-order valence-corrected chi connectivity index (χ2v) is 12.9. The number of carbonyl (C=O) groups is 2. The van der Waals surface area contributed by atoms with Crippen LogP contribution in [0, 0.1) is 0 Å². The molecule has 41 heavy (non-hydrogen) atoms. The molecule has 3 N–H and O–H groups in total. The number of aromatic amines is 1. The lowest BCUT2D eigenvalue weighted by Crippen LogP contribution is -2.59. The number of rotatable bonds is 8. The van der Waals surface area contributed by atoms with E-state index in [9.17, 15) is 22.8 Å². The number of amides is 2. The molecule has 1 fully saturated rings. The zero-order valence-corrected chi connectivity index (χ0v) is 24.2. The summed E-state index contributed by atoms with van der Waals surface area (Å²) in [6.45, 7) is 0.278. The summed E-state index contributed by atoms with van der Waals surface area (Å²) in [4.78, 5) is 44.5. The monoisotopic (exact) mass is 596 g/mol. The molecule has 4 atom stereocenters. The van der Waals surface area contributed by atoms with Crippen LogP contribution in [-0.2, 0) is 21.2 Å². The normalized spacial score (nSPS) is 22.7. The first-order valence-corrected chi connectivity index (χ1v) is 16.0. The first-order chi connectivity index (χ1) is 19.6. The van der Waals surface area contributed by atoms with Crippen LogP contribution < -0.4 is 15.6 Å². The number of fused-ring (bicyclic) bond motifs is 1. The largest absolute Gasteiger partial charge is 0.355 e. The van der Waals surface area contributed by atoms with Gasteiger partial charge in [-0.05, 0) is 48.2 Å². The van der Waals surface area contributed by atoms with Gasteiger partial charge in [-0.25, -0.2) is 13.1 Å². The molecule has 5 rings (SSSR count). The van der Waals surface area contributed by atoms with Crippen LogP contribution in [0.5, 0.6) is 0 Å². The minimum atomic E-state index is -3.54. The van der Waals surface area contributed by atoms with Crippen molar-refractivity contribution in [2.45, 2.75) is 56.1 Å². The Labute approximate surface area is 244 Å². The Morgan fingerprint density at radius 3 is 2.46 bits per heavy atom. The lowest BCUT2D eigenvalue weighted by Gasteiger charge is -2.49. The highest BCUT2D eigenvalue weighted by atomic mass is 35.5. The third kappa shape index (κ3) is 6.55. The van der Waals surface area contributed by atoms with E-state index in [0.717, 1.165) is 24.7 Å². The summed E-state index contributed by atoms with van der Waals surface area (Å²) < 4.78 is 27.4. The molecule has 0 spiro atoms. The summed E-state index contributed by atoms with van der Waals surface area (Å²) in [6, 6.07) is 17.5. The third-order valence-corrected chi connectivity index (χ3v) is 8.83. The number of hydrogen-bond acceptors (Lipinski definition) is 5. The second-order valence-electron chi connectivity index (χ2n) is 10.7. The smallest absolute Gasteiger partial charge is 0.255 e. The number of carbonyl (C=O) groups excluding carboxylic acids is 2. The van der Waals surface area contributed by atoms with E-state index in [-0.39, 0.29) is 23.9 Å². The highest BCUT2D eigenvalue weighted by Crippen LogP contribution is 2.46. The molecule has 11 heteroatoms. The molecule has 216 valence electrons. The Balaban J connectivity index is 1.56. The van der Waals surface area contributed by atoms with Crippen LogP contribution in [0.25, 0.3) is 0 Å².